The molecule has 23 heavy (non-hydrogen) atoms. The zero-order chi connectivity index (χ0) is 16.9. The first-order chi connectivity index (χ1) is 10.8. The quantitative estimate of drug-likeness (QED) is 0.856. The number of anilines is 1. The maximum Gasteiger partial charge on any atom is 0.227 e. The number of hydrogen-bond acceptors (Lipinski definition) is 4. The van der Waals surface area contributed by atoms with Crippen LogP contribution in [0.15, 0.2) is 41.1 Å². The van der Waals surface area contributed by atoms with Gasteiger partial charge in [-0.15, -0.1) is 0 Å². The van der Waals surface area contributed by atoms with Gasteiger partial charge in [0.25, 0.3) is 0 Å². The smallest absolute Gasteiger partial charge is 0.227 e. The monoisotopic (exact) mass is 377 g/mol. The Morgan fingerprint density at radius 2 is 1.96 bits per heavy atom. The molecule has 0 spiro atoms. The Bertz CT molecular complexity index is 666. The van der Waals surface area contributed by atoms with Crippen LogP contribution in [-0.2, 0) is 10.2 Å². The van der Waals surface area contributed by atoms with E-state index in [0.717, 1.165) is 16.0 Å². The summed E-state index contributed by atoms with van der Waals surface area (Å²) in [4.78, 5) is 20.5. The van der Waals surface area contributed by atoms with E-state index in [4.69, 9.17) is 4.74 Å². The Labute approximate surface area is 144 Å². The number of benzene rings is 1. The molecule has 6 heteroatoms. The molecular formula is C17H20BrN3O2. The van der Waals surface area contributed by atoms with E-state index >= 15 is 0 Å². The minimum absolute atomic E-state index is 0.111. The average molecular weight is 378 g/mol. The van der Waals surface area contributed by atoms with E-state index in [2.05, 4.69) is 31.2 Å². The van der Waals surface area contributed by atoms with Crippen LogP contribution in [0.25, 0.3) is 0 Å². The Balaban J connectivity index is 1.80. The van der Waals surface area contributed by atoms with Crippen LogP contribution in [0.2, 0.25) is 0 Å². The van der Waals surface area contributed by atoms with Gasteiger partial charge in [-0.25, -0.2) is 9.97 Å². The van der Waals surface area contributed by atoms with E-state index in [1.807, 2.05) is 45.0 Å². The highest BCUT2D eigenvalue weighted by molar-refractivity contribution is 9.10. The predicted molar refractivity (Wildman–Crippen MR) is 93.6 cm³/mol. The van der Waals surface area contributed by atoms with Crippen molar-refractivity contribution in [2.75, 3.05) is 11.9 Å². The first-order valence-corrected chi connectivity index (χ1v) is 8.14. The number of rotatable bonds is 5. The van der Waals surface area contributed by atoms with Gasteiger partial charge in [0.1, 0.15) is 11.6 Å². The zero-order valence-corrected chi connectivity index (χ0v) is 15.1. The van der Waals surface area contributed by atoms with E-state index in [1.165, 1.54) is 0 Å². The summed E-state index contributed by atoms with van der Waals surface area (Å²) in [6, 6.07) is 7.51. The van der Waals surface area contributed by atoms with Crippen LogP contribution < -0.4 is 10.1 Å². The lowest BCUT2D eigenvalue weighted by Gasteiger charge is -2.16. The van der Waals surface area contributed by atoms with Crippen LogP contribution in [0, 0.1) is 0 Å². The van der Waals surface area contributed by atoms with Gasteiger partial charge >= 0.3 is 0 Å². The van der Waals surface area contributed by atoms with Crippen molar-refractivity contribution in [1.82, 2.24) is 9.97 Å². The fraction of sp³-hybridized carbons (Fsp3) is 0.353. The molecular weight excluding hydrogens is 358 g/mol. The number of nitrogens with one attached hydrogen (secondary N) is 1. The van der Waals surface area contributed by atoms with Crippen molar-refractivity contribution in [1.29, 1.82) is 0 Å². The van der Waals surface area contributed by atoms with Gasteiger partial charge in [0, 0.05) is 9.89 Å². The largest absolute Gasteiger partial charge is 0.493 e. The summed E-state index contributed by atoms with van der Waals surface area (Å²) >= 11 is 3.37. The highest BCUT2D eigenvalue weighted by Gasteiger charge is 2.16. The summed E-state index contributed by atoms with van der Waals surface area (Å²) in [6.07, 6.45) is 3.51. The van der Waals surface area contributed by atoms with Gasteiger partial charge in [-0.3, -0.25) is 4.79 Å². The number of amides is 1. The van der Waals surface area contributed by atoms with Crippen LogP contribution in [0.1, 0.15) is 33.0 Å². The number of hydrogen-bond donors (Lipinski definition) is 1. The normalized spacial score (nSPS) is 11.1. The Kier molecular flexibility index (Phi) is 5.71. The predicted octanol–water partition coefficient (Wildman–Crippen LogP) is 3.94. The van der Waals surface area contributed by atoms with Crippen LogP contribution in [0.3, 0.4) is 0 Å². The highest BCUT2D eigenvalue weighted by atomic mass is 79.9. The van der Waals surface area contributed by atoms with Crippen LogP contribution in [0.5, 0.6) is 5.75 Å². The third-order valence-electron chi connectivity index (χ3n) is 3.00. The molecule has 1 aromatic heterocycles. The van der Waals surface area contributed by atoms with Crippen LogP contribution >= 0.6 is 15.9 Å². The first kappa shape index (κ1) is 17.4. The molecule has 0 aliphatic carbocycles. The molecule has 0 unspecified atom stereocenters. The fourth-order valence-electron chi connectivity index (χ4n) is 1.82. The second kappa shape index (κ2) is 7.55. The number of ether oxygens (including phenoxy) is 1. The van der Waals surface area contributed by atoms with Crippen LogP contribution in [-0.4, -0.2) is 22.5 Å². The lowest BCUT2D eigenvalue weighted by molar-refractivity contribution is -0.116. The van der Waals surface area contributed by atoms with Crippen molar-refractivity contribution >= 4 is 27.5 Å². The molecule has 1 N–H and O–H groups in total. The molecule has 5 nitrogen and oxygen atoms in total. The molecule has 0 atom stereocenters. The molecule has 1 heterocycles. The van der Waals surface area contributed by atoms with Gasteiger partial charge in [-0.05, 0) is 18.2 Å². The summed E-state index contributed by atoms with van der Waals surface area (Å²) in [5.41, 5.74) is 0.478. The van der Waals surface area contributed by atoms with Gasteiger partial charge < -0.3 is 10.1 Å². The van der Waals surface area contributed by atoms with Gasteiger partial charge in [0.15, 0.2) is 0 Å². The molecule has 1 aromatic carbocycles. The summed E-state index contributed by atoms with van der Waals surface area (Å²) in [6.45, 7) is 6.43. The molecule has 2 aromatic rings. The highest BCUT2D eigenvalue weighted by Crippen LogP contribution is 2.19. The second-order valence-electron chi connectivity index (χ2n) is 6.15. The molecule has 0 fully saturated rings. The molecule has 2 rings (SSSR count). The molecule has 0 saturated heterocycles. The van der Waals surface area contributed by atoms with Crippen molar-refractivity contribution < 1.29 is 9.53 Å². The zero-order valence-electron chi connectivity index (χ0n) is 13.5. The van der Waals surface area contributed by atoms with E-state index in [0.29, 0.717) is 12.3 Å². The van der Waals surface area contributed by atoms with Crippen molar-refractivity contribution in [3.63, 3.8) is 0 Å². The van der Waals surface area contributed by atoms with Crippen molar-refractivity contribution in [2.45, 2.75) is 32.6 Å². The number of carbonyl (C=O) groups excluding carboxylic acids is 1. The summed E-state index contributed by atoms with van der Waals surface area (Å²) in [7, 11) is 0. The number of nitrogens with zero attached hydrogens (tertiary/aromatic N) is 2. The van der Waals surface area contributed by atoms with E-state index in [9.17, 15) is 4.79 Å². The average Bonchev–Trinajstić information content (AvgIpc) is 2.47. The van der Waals surface area contributed by atoms with Gasteiger partial charge in [0.05, 0.1) is 31.1 Å². The fourth-order valence-corrected chi connectivity index (χ4v) is 2.20. The number of halogens is 1. The molecule has 1 amide bonds. The van der Waals surface area contributed by atoms with E-state index in [1.54, 1.807) is 12.4 Å². The molecule has 0 saturated carbocycles. The van der Waals surface area contributed by atoms with E-state index in [-0.39, 0.29) is 17.7 Å². The van der Waals surface area contributed by atoms with Gasteiger partial charge in [-0.1, -0.05) is 42.8 Å². The Morgan fingerprint density at radius 3 is 2.57 bits per heavy atom. The summed E-state index contributed by atoms with van der Waals surface area (Å²) in [5, 5.41) is 2.77. The number of carbonyl (C=O) groups is 1. The van der Waals surface area contributed by atoms with Gasteiger partial charge in [-0.2, -0.15) is 0 Å². The second-order valence-corrected chi connectivity index (χ2v) is 7.07. The first-order valence-electron chi connectivity index (χ1n) is 7.35. The van der Waals surface area contributed by atoms with Gasteiger partial charge in [0.2, 0.25) is 5.91 Å². The maximum absolute atomic E-state index is 11.9. The lowest BCUT2D eigenvalue weighted by Crippen LogP contribution is -2.18. The molecule has 122 valence electrons. The minimum Gasteiger partial charge on any atom is -0.493 e. The number of aromatic nitrogens is 2. The summed E-state index contributed by atoms with van der Waals surface area (Å²) < 4.78 is 6.48. The van der Waals surface area contributed by atoms with Crippen molar-refractivity contribution in [3.8, 4) is 5.75 Å². The minimum atomic E-state index is -0.132. The molecule has 0 radical (unpaired) electrons. The van der Waals surface area contributed by atoms with E-state index < -0.39 is 0 Å². The van der Waals surface area contributed by atoms with Crippen molar-refractivity contribution in [2.24, 2.45) is 0 Å². The topological polar surface area (TPSA) is 64.1 Å². The third-order valence-corrected chi connectivity index (χ3v) is 3.49. The lowest BCUT2D eigenvalue weighted by atomic mass is 9.96. The third kappa shape index (κ3) is 5.63. The molecule has 0 aliphatic rings. The summed E-state index contributed by atoms with van der Waals surface area (Å²) in [5.74, 6) is 1.34. The van der Waals surface area contributed by atoms with Crippen LogP contribution in [0.4, 0.5) is 5.69 Å². The Hall–Kier alpha value is -1.95. The SMILES string of the molecule is CC(C)(C)c1ncc(NC(=O)CCOc2cccc(Br)c2)cn1. The van der Waals surface area contributed by atoms with Crippen molar-refractivity contribution in [3.05, 3.63) is 47.0 Å². The standard InChI is InChI=1S/C17H20BrN3O2/c1-17(2,3)16-19-10-13(11-20-16)21-15(22)7-8-23-14-6-4-5-12(18)9-14/h4-6,9-11H,7-8H2,1-3H3,(H,21,22). The Morgan fingerprint density at radius 1 is 1.26 bits per heavy atom. The molecule has 0 aliphatic heterocycles. The molecule has 0 bridgehead atoms. The maximum atomic E-state index is 11.9.